The zero-order chi connectivity index (χ0) is 14.4. The van der Waals surface area contributed by atoms with Crippen molar-refractivity contribution in [1.29, 1.82) is 0 Å². The van der Waals surface area contributed by atoms with Gasteiger partial charge in [-0.1, -0.05) is 6.07 Å². The van der Waals surface area contributed by atoms with Crippen LogP contribution in [0.5, 0.6) is 0 Å². The van der Waals surface area contributed by atoms with Crippen molar-refractivity contribution in [1.82, 2.24) is 15.2 Å². The van der Waals surface area contributed by atoms with Gasteiger partial charge in [0, 0.05) is 31.9 Å². The maximum atomic E-state index is 11.9. The second-order valence-electron chi connectivity index (χ2n) is 5.08. The molecule has 1 aliphatic rings. The normalized spacial score (nSPS) is 17.5. The largest absolute Gasteiger partial charge is 0.379 e. The van der Waals surface area contributed by atoms with E-state index in [1.807, 2.05) is 26.0 Å². The van der Waals surface area contributed by atoms with Crippen LogP contribution in [0, 0.1) is 6.92 Å². The zero-order valence-electron chi connectivity index (χ0n) is 12.1. The monoisotopic (exact) mass is 278 g/mol. The van der Waals surface area contributed by atoms with Crippen LogP contribution in [0.3, 0.4) is 0 Å². The summed E-state index contributed by atoms with van der Waals surface area (Å²) >= 11 is 0. The van der Waals surface area contributed by atoms with Gasteiger partial charge < -0.3 is 10.1 Å². The van der Waals surface area contributed by atoms with Crippen LogP contribution in [0.1, 0.15) is 12.5 Å². The van der Waals surface area contributed by atoms with Gasteiger partial charge in [-0.3, -0.25) is 10.2 Å². The average molecular weight is 278 g/mol. The number of amides is 2. The fourth-order valence-corrected chi connectivity index (χ4v) is 2.20. The lowest BCUT2D eigenvalue weighted by molar-refractivity contribution is 0.0350. The van der Waals surface area contributed by atoms with Gasteiger partial charge in [0.1, 0.15) is 5.82 Å². The number of morpholine rings is 1. The average Bonchev–Trinajstić information content (AvgIpc) is 2.42. The van der Waals surface area contributed by atoms with Crippen LogP contribution in [0.2, 0.25) is 0 Å². The summed E-state index contributed by atoms with van der Waals surface area (Å²) in [4.78, 5) is 18.3. The van der Waals surface area contributed by atoms with Crippen LogP contribution in [-0.2, 0) is 4.74 Å². The van der Waals surface area contributed by atoms with Crippen LogP contribution in [0.15, 0.2) is 18.3 Å². The Morgan fingerprint density at radius 2 is 2.25 bits per heavy atom. The minimum absolute atomic E-state index is 0.0807. The van der Waals surface area contributed by atoms with Crippen LogP contribution < -0.4 is 10.6 Å². The summed E-state index contributed by atoms with van der Waals surface area (Å²) in [7, 11) is 0. The highest BCUT2D eigenvalue weighted by atomic mass is 16.5. The molecule has 1 aliphatic heterocycles. The Morgan fingerprint density at radius 3 is 2.95 bits per heavy atom. The van der Waals surface area contributed by atoms with E-state index in [1.54, 1.807) is 6.20 Å². The molecule has 1 saturated heterocycles. The zero-order valence-corrected chi connectivity index (χ0v) is 12.1. The van der Waals surface area contributed by atoms with E-state index in [0.717, 1.165) is 38.4 Å². The van der Waals surface area contributed by atoms with Gasteiger partial charge in [-0.15, -0.1) is 0 Å². The molecular formula is C14H22N4O2. The predicted molar refractivity (Wildman–Crippen MR) is 77.8 cm³/mol. The molecular weight excluding hydrogens is 256 g/mol. The molecule has 0 bridgehead atoms. The van der Waals surface area contributed by atoms with Gasteiger partial charge in [0.15, 0.2) is 0 Å². The Bertz CT molecular complexity index is 447. The molecule has 1 fully saturated rings. The van der Waals surface area contributed by atoms with Crippen LogP contribution in [0.25, 0.3) is 0 Å². The van der Waals surface area contributed by atoms with E-state index in [-0.39, 0.29) is 12.1 Å². The first-order valence-corrected chi connectivity index (χ1v) is 6.94. The molecule has 2 heterocycles. The van der Waals surface area contributed by atoms with Gasteiger partial charge in [0.05, 0.1) is 13.2 Å². The van der Waals surface area contributed by atoms with Gasteiger partial charge in [-0.2, -0.15) is 0 Å². The van der Waals surface area contributed by atoms with Crippen molar-refractivity contribution in [2.45, 2.75) is 19.9 Å². The second kappa shape index (κ2) is 7.21. The molecule has 0 spiro atoms. The Labute approximate surface area is 119 Å². The third-order valence-electron chi connectivity index (χ3n) is 3.25. The molecule has 6 heteroatoms. The first-order chi connectivity index (χ1) is 9.65. The van der Waals surface area contributed by atoms with Gasteiger partial charge in [0.25, 0.3) is 0 Å². The molecule has 2 N–H and O–H groups in total. The molecule has 20 heavy (non-hydrogen) atoms. The van der Waals surface area contributed by atoms with Crippen LogP contribution in [-0.4, -0.2) is 54.8 Å². The topological polar surface area (TPSA) is 66.5 Å². The summed E-state index contributed by atoms with van der Waals surface area (Å²) in [6.07, 6.45) is 1.67. The van der Waals surface area contributed by atoms with E-state index in [2.05, 4.69) is 20.5 Å². The highest BCUT2D eigenvalue weighted by molar-refractivity contribution is 5.89. The lowest BCUT2D eigenvalue weighted by atomic mass is 10.3. The molecule has 0 radical (unpaired) electrons. The fourth-order valence-electron chi connectivity index (χ4n) is 2.20. The maximum Gasteiger partial charge on any atom is 0.320 e. The summed E-state index contributed by atoms with van der Waals surface area (Å²) in [5.74, 6) is 0.601. The predicted octanol–water partition coefficient (Wildman–Crippen LogP) is 1.23. The molecule has 0 aliphatic carbocycles. The summed E-state index contributed by atoms with van der Waals surface area (Å²) in [6.45, 7) is 8.14. The van der Waals surface area contributed by atoms with E-state index < -0.39 is 0 Å². The number of pyridine rings is 1. The Hall–Kier alpha value is -1.66. The summed E-state index contributed by atoms with van der Waals surface area (Å²) < 4.78 is 5.30. The number of rotatable bonds is 4. The van der Waals surface area contributed by atoms with Crippen LogP contribution >= 0.6 is 0 Å². The van der Waals surface area contributed by atoms with E-state index in [1.165, 1.54) is 0 Å². The molecule has 1 aromatic heterocycles. The summed E-state index contributed by atoms with van der Waals surface area (Å²) in [5.41, 5.74) is 0.948. The molecule has 0 aromatic carbocycles. The number of anilines is 1. The summed E-state index contributed by atoms with van der Waals surface area (Å²) in [5, 5.41) is 5.70. The standard InChI is InChI=1S/C14H22N4O2/c1-11-4-3-5-15-13(11)17-14(19)16-12(2)10-18-6-8-20-9-7-18/h3-5,12H,6-10H2,1-2H3,(H2,15,16,17,19)/t12-/m1/s1. The molecule has 1 aromatic rings. The maximum absolute atomic E-state index is 11.9. The van der Waals surface area contributed by atoms with Gasteiger partial charge in [0.2, 0.25) is 0 Å². The smallest absolute Gasteiger partial charge is 0.320 e. The van der Waals surface area contributed by atoms with E-state index in [9.17, 15) is 4.79 Å². The minimum atomic E-state index is -0.215. The highest BCUT2D eigenvalue weighted by Crippen LogP contribution is 2.08. The molecule has 6 nitrogen and oxygen atoms in total. The van der Waals surface area contributed by atoms with Crippen molar-refractivity contribution < 1.29 is 9.53 Å². The lowest BCUT2D eigenvalue weighted by Gasteiger charge is -2.29. The molecule has 2 amide bonds. The van der Waals surface area contributed by atoms with Crippen molar-refractivity contribution in [2.75, 3.05) is 38.2 Å². The van der Waals surface area contributed by atoms with Crippen molar-refractivity contribution >= 4 is 11.8 Å². The van der Waals surface area contributed by atoms with Crippen molar-refractivity contribution in [3.63, 3.8) is 0 Å². The van der Waals surface area contributed by atoms with Gasteiger partial charge in [-0.25, -0.2) is 9.78 Å². The number of hydrogen-bond acceptors (Lipinski definition) is 4. The quantitative estimate of drug-likeness (QED) is 0.869. The Morgan fingerprint density at radius 1 is 1.50 bits per heavy atom. The summed E-state index contributed by atoms with van der Waals surface area (Å²) in [6, 6.07) is 3.63. The fraction of sp³-hybridized carbons (Fsp3) is 0.571. The van der Waals surface area contributed by atoms with Crippen molar-refractivity contribution in [2.24, 2.45) is 0 Å². The SMILES string of the molecule is Cc1cccnc1NC(=O)N[C@H](C)CN1CCOCC1. The number of hydrogen-bond donors (Lipinski definition) is 2. The van der Waals surface area contributed by atoms with Crippen molar-refractivity contribution in [3.05, 3.63) is 23.9 Å². The number of nitrogens with zero attached hydrogens (tertiary/aromatic N) is 2. The molecule has 110 valence electrons. The highest BCUT2D eigenvalue weighted by Gasteiger charge is 2.15. The van der Waals surface area contributed by atoms with Gasteiger partial charge in [-0.05, 0) is 25.5 Å². The van der Waals surface area contributed by atoms with E-state index in [0.29, 0.717) is 5.82 Å². The third-order valence-corrected chi connectivity index (χ3v) is 3.25. The first kappa shape index (κ1) is 14.7. The van der Waals surface area contributed by atoms with Crippen molar-refractivity contribution in [3.8, 4) is 0 Å². The van der Waals surface area contributed by atoms with E-state index in [4.69, 9.17) is 4.74 Å². The third kappa shape index (κ3) is 4.47. The number of ether oxygens (including phenoxy) is 1. The first-order valence-electron chi connectivity index (χ1n) is 6.94. The number of carbonyl (C=O) groups excluding carboxylic acids is 1. The number of carbonyl (C=O) groups is 1. The Kier molecular flexibility index (Phi) is 5.31. The van der Waals surface area contributed by atoms with Crippen LogP contribution in [0.4, 0.5) is 10.6 Å². The number of aromatic nitrogens is 1. The molecule has 2 rings (SSSR count). The number of nitrogens with one attached hydrogen (secondary N) is 2. The minimum Gasteiger partial charge on any atom is -0.379 e. The molecule has 0 unspecified atom stereocenters. The van der Waals surface area contributed by atoms with E-state index >= 15 is 0 Å². The van der Waals surface area contributed by atoms with Gasteiger partial charge >= 0.3 is 6.03 Å². The number of urea groups is 1. The second-order valence-corrected chi connectivity index (χ2v) is 5.08. The lowest BCUT2D eigenvalue weighted by Crippen LogP contribution is -2.47. The molecule has 0 saturated carbocycles. The number of aryl methyl sites for hydroxylation is 1. The molecule has 1 atom stereocenters. The Balaban J connectivity index is 1.77.